The number of pyridine rings is 1. The molecule has 128 valence electrons. The summed E-state index contributed by atoms with van der Waals surface area (Å²) < 4.78 is 7.48. The molecule has 0 aliphatic heterocycles. The minimum absolute atomic E-state index is 0.0164. The highest BCUT2D eigenvalue weighted by Gasteiger charge is 2.27. The van der Waals surface area contributed by atoms with E-state index in [1.165, 1.54) is 0 Å². The van der Waals surface area contributed by atoms with Crippen LogP contribution in [0.1, 0.15) is 31.4 Å². The highest BCUT2D eigenvalue weighted by Crippen LogP contribution is 2.33. The van der Waals surface area contributed by atoms with Crippen LogP contribution in [0.25, 0.3) is 0 Å². The van der Waals surface area contributed by atoms with Crippen molar-refractivity contribution in [2.45, 2.75) is 38.6 Å². The monoisotopic (exact) mass is 329 g/mol. The van der Waals surface area contributed by atoms with Crippen LogP contribution in [-0.4, -0.2) is 26.7 Å². The SMILES string of the molecule is Cc1nn(C)c(Oc2cccnc2)c1NC(=O)C1CCCC(N)C1. The predicted molar refractivity (Wildman–Crippen MR) is 90.8 cm³/mol. The average Bonchev–Trinajstić information content (AvgIpc) is 2.83. The number of nitrogens with zero attached hydrogens (tertiary/aromatic N) is 3. The van der Waals surface area contributed by atoms with Crippen molar-refractivity contribution in [1.82, 2.24) is 14.8 Å². The molecule has 2 heterocycles. The average molecular weight is 329 g/mol. The molecule has 1 amide bonds. The van der Waals surface area contributed by atoms with Gasteiger partial charge in [0.05, 0.1) is 11.9 Å². The van der Waals surface area contributed by atoms with E-state index in [0.717, 1.165) is 25.7 Å². The van der Waals surface area contributed by atoms with Crippen molar-refractivity contribution in [2.24, 2.45) is 18.7 Å². The van der Waals surface area contributed by atoms with Crippen LogP contribution in [-0.2, 0) is 11.8 Å². The van der Waals surface area contributed by atoms with Crippen molar-refractivity contribution in [3.8, 4) is 11.6 Å². The summed E-state index contributed by atoms with van der Waals surface area (Å²) in [4.78, 5) is 16.6. The van der Waals surface area contributed by atoms with Crippen molar-refractivity contribution in [1.29, 1.82) is 0 Å². The molecule has 24 heavy (non-hydrogen) atoms. The van der Waals surface area contributed by atoms with E-state index in [2.05, 4.69) is 15.4 Å². The number of hydrogen-bond donors (Lipinski definition) is 2. The Morgan fingerprint density at radius 1 is 1.46 bits per heavy atom. The second kappa shape index (κ2) is 7.00. The highest BCUT2D eigenvalue weighted by atomic mass is 16.5. The van der Waals surface area contributed by atoms with E-state index in [-0.39, 0.29) is 17.9 Å². The zero-order valence-corrected chi connectivity index (χ0v) is 14.0. The first kappa shape index (κ1) is 16.4. The van der Waals surface area contributed by atoms with Gasteiger partial charge in [0.1, 0.15) is 11.4 Å². The number of rotatable bonds is 4. The van der Waals surface area contributed by atoms with E-state index in [0.29, 0.717) is 23.0 Å². The molecule has 2 aromatic rings. The van der Waals surface area contributed by atoms with E-state index in [1.807, 2.05) is 6.92 Å². The summed E-state index contributed by atoms with van der Waals surface area (Å²) in [6.45, 7) is 1.85. The molecule has 7 nitrogen and oxygen atoms in total. The number of amides is 1. The van der Waals surface area contributed by atoms with Crippen LogP contribution in [0.5, 0.6) is 11.6 Å². The van der Waals surface area contributed by atoms with Gasteiger partial charge in [-0.3, -0.25) is 9.78 Å². The first-order valence-corrected chi connectivity index (χ1v) is 8.22. The first-order chi connectivity index (χ1) is 11.5. The molecule has 0 radical (unpaired) electrons. The minimum atomic E-state index is -0.0559. The molecule has 0 aromatic carbocycles. The molecular formula is C17H23N5O2. The summed E-state index contributed by atoms with van der Waals surface area (Å²) in [5.74, 6) is 1.02. The smallest absolute Gasteiger partial charge is 0.241 e. The highest BCUT2D eigenvalue weighted by molar-refractivity contribution is 5.94. The summed E-state index contributed by atoms with van der Waals surface area (Å²) in [5.41, 5.74) is 7.31. The van der Waals surface area contributed by atoms with Gasteiger partial charge in [-0.25, -0.2) is 4.68 Å². The Balaban J connectivity index is 1.79. The number of aromatic nitrogens is 3. The molecule has 2 unspecified atom stereocenters. The van der Waals surface area contributed by atoms with Crippen LogP contribution in [0.4, 0.5) is 5.69 Å². The molecule has 1 saturated carbocycles. The van der Waals surface area contributed by atoms with Crippen LogP contribution in [0, 0.1) is 12.8 Å². The Hall–Kier alpha value is -2.41. The van der Waals surface area contributed by atoms with Gasteiger partial charge in [0.15, 0.2) is 0 Å². The second-order valence-electron chi connectivity index (χ2n) is 6.29. The van der Waals surface area contributed by atoms with Gasteiger partial charge in [-0.15, -0.1) is 0 Å². The molecule has 0 saturated heterocycles. The fourth-order valence-electron chi connectivity index (χ4n) is 3.11. The molecule has 0 bridgehead atoms. The quantitative estimate of drug-likeness (QED) is 0.898. The largest absolute Gasteiger partial charge is 0.436 e. The number of aryl methyl sites for hydroxylation is 2. The molecule has 0 spiro atoms. The van der Waals surface area contributed by atoms with E-state index in [1.54, 1.807) is 36.3 Å². The van der Waals surface area contributed by atoms with Crippen LogP contribution in [0.2, 0.25) is 0 Å². The summed E-state index contributed by atoms with van der Waals surface area (Å²) in [6, 6.07) is 3.71. The lowest BCUT2D eigenvalue weighted by molar-refractivity contribution is -0.120. The predicted octanol–water partition coefficient (Wildman–Crippen LogP) is 2.37. The third-order valence-electron chi connectivity index (χ3n) is 4.35. The number of ether oxygens (including phenoxy) is 1. The van der Waals surface area contributed by atoms with Crippen LogP contribution in [0.3, 0.4) is 0 Å². The molecule has 1 aliphatic carbocycles. The van der Waals surface area contributed by atoms with Crippen LogP contribution in [0.15, 0.2) is 24.5 Å². The summed E-state index contributed by atoms with van der Waals surface area (Å²) in [6.07, 6.45) is 6.88. The molecule has 1 aliphatic rings. The van der Waals surface area contributed by atoms with Gasteiger partial charge in [-0.1, -0.05) is 6.42 Å². The fraction of sp³-hybridized carbons (Fsp3) is 0.471. The topological polar surface area (TPSA) is 95.1 Å². The second-order valence-corrected chi connectivity index (χ2v) is 6.29. The van der Waals surface area contributed by atoms with Crippen molar-refractivity contribution in [3.63, 3.8) is 0 Å². The van der Waals surface area contributed by atoms with Gasteiger partial charge >= 0.3 is 0 Å². The van der Waals surface area contributed by atoms with E-state index >= 15 is 0 Å². The van der Waals surface area contributed by atoms with Gasteiger partial charge in [-0.05, 0) is 38.3 Å². The Labute approximate surface area is 141 Å². The molecule has 3 N–H and O–H groups in total. The van der Waals surface area contributed by atoms with Gasteiger partial charge in [0.2, 0.25) is 11.8 Å². The molecule has 2 aromatic heterocycles. The minimum Gasteiger partial charge on any atom is -0.436 e. The maximum atomic E-state index is 12.6. The first-order valence-electron chi connectivity index (χ1n) is 8.22. The lowest BCUT2D eigenvalue weighted by Crippen LogP contribution is -2.34. The van der Waals surface area contributed by atoms with Gasteiger partial charge in [-0.2, -0.15) is 5.10 Å². The third kappa shape index (κ3) is 3.56. The summed E-state index contributed by atoms with van der Waals surface area (Å²) >= 11 is 0. The van der Waals surface area contributed by atoms with Gasteiger partial charge < -0.3 is 15.8 Å². The van der Waals surface area contributed by atoms with E-state index in [9.17, 15) is 4.79 Å². The number of anilines is 1. The molecular weight excluding hydrogens is 306 g/mol. The van der Waals surface area contributed by atoms with Crippen molar-refractivity contribution < 1.29 is 9.53 Å². The van der Waals surface area contributed by atoms with Crippen LogP contribution >= 0.6 is 0 Å². The molecule has 2 atom stereocenters. The lowest BCUT2D eigenvalue weighted by atomic mass is 9.85. The third-order valence-corrected chi connectivity index (χ3v) is 4.35. The van der Waals surface area contributed by atoms with Gasteiger partial charge in [0, 0.05) is 25.2 Å². The number of hydrogen-bond acceptors (Lipinski definition) is 5. The fourth-order valence-corrected chi connectivity index (χ4v) is 3.11. The normalized spacial score (nSPS) is 20.6. The maximum Gasteiger partial charge on any atom is 0.241 e. The van der Waals surface area contributed by atoms with Crippen molar-refractivity contribution in [2.75, 3.05) is 5.32 Å². The Morgan fingerprint density at radius 3 is 3.00 bits per heavy atom. The number of carbonyl (C=O) groups is 1. The Bertz CT molecular complexity index is 713. The zero-order valence-electron chi connectivity index (χ0n) is 14.0. The Morgan fingerprint density at radius 2 is 2.29 bits per heavy atom. The van der Waals surface area contributed by atoms with Gasteiger partial charge in [0.25, 0.3) is 0 Å². The number of nitrogens with one attached hydrogen (secondary N) is 1. The van der Waals surface area contributed by atoms with Crippen molar-refractivity contribution >= 4 is 11.6 Å². The molecule has 7 heteroatoms. The zero-order chi connectivity index (χ0) is 17.1. The number of nitrogens with two attached hydrogens (primary N) is 1. The lowest BCUT2D eigenvalue weighted by Gasteiger charge is -2.25. The summed E-state index contributed by atoms with van der Waals surface area (Å²) in [7, 11) is 1.78. The van der Waals surface area contributed by atoms with E-state index in [4.69, 9.17) is 10.5 Å². The molecule has 1 fully saturated rings. The van der Waals surface area contributed by atoms with Crippen LogP contribution < -0.4 is 15.8 Å². The Kier molecular flexibility index (Phi) is 4.80. The maximum absolute atomic E-state index is 12.6. The standard InChI is InChI=1S/C17H23N5O2/c1-11-15(20-16(23)12-5-3-6-13(18)9-12)17(22(2)21-11)24-14-7-4-8-19-10-14/h4,7-8,10,12-13H,3,5-6,9,18H2,1-2H3,(H,20,23). The number of carbonyl (C=O) groups excluding carboxylic acids is 1. The summed E-state index contributed by atoms with van der Waals surface area (Å²) in [5, 5.41) is 7.34. The van der Waals surface area contributed by atoms with E-state index < -0.39 is 0 Å². The molecule has 3 rings (SSSR count). The van der Waals surface area contributed by atoms with Crippen molar-refractivity contribution in [3.05, 3.63) is 30.2 Å².